The molecule has 0 aliphatic carbocycles. The molecule has 2 aromatic rings. The van der Waals surface area contributed by atoms with E-state index in [0.29, 0.717) is 6.54 Å². The molecule has 0 saturated carbocycles. The van der Waals surface area contributed by atoms with E-state index in [9.17, 15) is 13.2 Å². The van der Waals surface area contributed by atoms with Gasteiger partial charge in [0.05, 0.1) is 5.56 Å². The molecule has 0 radical (unpaired) electrons. The van der Waals surface area contributed by atoms with Crippen molar-refractivity contribution in [2.24, 2.45) is 5.73 Å². The highest BCUT2D eigenvalue weighted by Crippen LogP contribution is 2.33. The Morgan fingerprint density at radius 1 is 1.00 bits per heavy atom. The monoisotopic (exact) mass is 285 g/mol. The summed E-state index contributed by atoms with van der Waals surface area (Å²) in [7, 11) is 0. The maximum absolute atomic E-state index is 12.5. The van der Waals surface area contributed by atoms with Gasteiger partial charge in [-0.1, -0.05) is 12.1 Å². The van der Waals surface area contributed by atoms with Crippen LogP contribution in [0.4, 0.5) is 13.2 Å². The third kappa shape index (κ3) is 3.58. The van der Waals surface area contributed by atoms with Crippen molar-refractivity contribution < 1.29 is 13.2 Å². The first-order chi connectivity index (χ1) is 9.00. The number of thiophene rings is 1. The standard InChI is InChI=1S/C14H14F3NS/c15-14(16,17)11-5-3-10(4-6-11)13-8-7-12(19-13)2-1-9-18/h3-8H,1-2,9,18H2. The fraction of sp³-hybridized carbons (Fsp3) is 0.286. The molecule has 19 heavy (non-hydrogen) atoms. The van der Waals surface area contributed by atoms with Crippen LogP contribution in [0, 0.1) is 0 Å². The molecule has 0 spiro atoms. The van der Waals surface area contributed by atoms with E-state index in [1.165, 1.54) is 17.0 Å². The molecule has 0 saturated heterocycles. The number of rotatable bonds is 4. The fourth-order valence-corrected chi connectivity index (χ4v) is 2.82. The third-order valence-electron chi connectivity index (χ3n) is 2.79. The van der Waals surface area contributed by atoms with Gasteiger partial charge in [0.15, 0.2) is 0 Å². The van der Waals surface area contributed by atoms with Crippen molar-refractivity contribution >= 4 is 11.3 Å². The van der Waals surface area contributed by atoms with Gasteiger partial charge in [-0.05, 0) is 49.2 Å². The van der Waals surface area contributed by atoms with Gasteiger partial charge in [-0.3, -0.25) is 0 Å². The Morgan fingerprint density at radius 3 is 2.26 bits per heavy atom. The molecule has 0 bridgehead atoms. The lowest BCUT2D eigenvalue weighted by Gasteiger charge is -2.06. The number of hydrogen-bond donors (Lipinski definition) is 1. The number of halogens is 3. The van der Waals surface area contributed by atoms with Gasteiger partial charge < -0.3 is 5.73 Å². The van der Waals surface area contributed by atoms with E-state index in [1.807, 2.05) is 12.1 Å². The number of nitrogens with two attached hydrogens (primary N) is 1. The fourth-order valence-electron chi connectivity index (χ4n) is 1.77. The first-order valence-corrected chi connectivity index (χ1v) is 6.79. The first kappa shape index (κ1) is 14.1. The van der Waals surface area contributed by atoms with Crippen LogP contribution in [0.25, 0.3) is 10.4 Å². The summed E-state index contributed by atoms with van der Waals surface area (Å²) in [5.74, 6) is 0. The second-order valence-electron chi connectivity index (χ2n) is 4.23. The lowest BCUT2D eigenvalue weighted by Crippen LogP contribution is -2.03. The van der Waals surface area contributed by atoms with Crippen LogP contribution in [0.3, 0.4) is 0 Å². The van der Waals surface area contributed by atoms with Crippen LogP contribution < -0.4 is 5.73 Å². The van der Waals surface area contributed by atoms with Crippen LogP contribution in [0.1, 0.15) is 16.9 Å². The zero-order chi connectivity index (χ0) is 13.9. The van der Waals surface area contributed by atoms with Crippen LogP contribution in [0.2, 0.25) is 0 Å². The zero-order valence-corrected chi connectivity index (χ0v) is 11.0. The van der Waals surface area contributed by atoms with E-state index < -0.39 is 11.7 Å². The molecular formula is C14H14F3NS. The normalized spacial score (nSPS) is 11.8. The van der Waals surface area contributed by atoms with E-state index in [-0.39, 0.29) is 0 Å². The minimum absolute atomic E-state index is 0.615. The van der Waals surface area contributed by atoms with Crippen LogP contribution in [0.15, 0.2) is 36.4 Å². The van der Waals surface area contributed by atoms with Gasteiger partial charge in [-0.25, -0.2) is 0 Å². The summed E-state index contributed by atoms with van der Waals surface area (Å²) in [6, 6.07) is 9.22. The Kier molecular flexibility index (Phi) is 4.27. The minimum atomic E-state index is -4.28. The summed E-state index contributed by atoms with van der Waals surface area (Å²) in [6.07, 6.45) is -2.44. The molecule has 5 heteroatoms. The summed E-state index contributed by atoms with van der Waals surface area (Å²) >= 11 is 1.60. The average Bonchev–Trinajstić information content (AvgIpc) is 2.84. The molecule has 0 aliphatic heterocycles. The molecule has 0 unspecified atom stereocenters. The SMILES string of the molecule is NCCCc1ccc(-c2ccc(C(F)(F)F)cc2)s1. The van der Waals surface area contributed by atoms with Crippen molar-refractivity contribution in [3.05, 3.63) is 46.8 Å². The Labute approximate surface area is 113 Å². The lowest BCUT2D eigenvalue weighted by atomic mass is 10.1. The van der Waals surface area contributed by atoms with Crippen molar-refractivity contribution in [2.45, 2.75) is 19.0 Å². The van der Waals surface area contributed by atoms with Crippen LogP contribution >= 0.6 is 11.3 Å². The molecule has 1 nitrogen and oxygen atoms in total. The van der Waals surface area contributed by atoms with Crippen molar-refractivity contribution in [1.82, 2.24) is 0 Å². The quantitative estimate of drug-likeness (QED) is 0.889. The van der Waals surface area contributed by atoms with Crippen LogP contribution in [-0.2, 0) is 12.6 Å². The van der Waals surface area contributed by atoms with E-state index in [2.05, 4.69) is 0 Å². The Hall–Kier alpha value is -1.33. The van der Waals surface area contributed by atoms with Gasteiger partial charge in [0.1, 0.15) is 0 Å². The molecule has 0 fully saturated rings. The maximum atomic E-state index is 12.5. The van der Waals surface area contributed by atoms with Crippen molar-refractivity contribution in [2.75, 3.05) is 6.54 Å². The molecule has 0 aliphatic rings. The largest absolute Gasteiger partial charge is 0.416 e. The lowest BCUT2D eigenvalue weighted by molar-refractivity contribution is -0.137. The van der Waals surface area contributed by atoms with Crippen LogP contribution in [0.5, 0.6) is 0 Å². The van der Waals surface area contributed by atoms with E-state index >= 15 is 0 Å². The molecule has 2 rings (SSSR count). The van der Waals surface area contributed by atoms with Gasteiger partial charge >= 0.3 is 6.18 Å². The summed E-state index contributed by atoms with van der Waals surface area (Å²) in [6.45, 7) is 0.646. The summed E-state index contributed by atoms with van der Waals surface area (Å²) in [5, 5.41) is 0. The number of benzene rings is 1. The molecule has 1 aromatic heterocycles. The average molecular weight is 285 g/mol. The second-order valence-corrected chi connectivity index (χ2v) is 5.40. The highest BCUT2D eigenvalue weighted by molar-refractivity contribution is 7.15. The van der Waals surface area contributed by atoms with Gasteiger partial charge in [-0.2, -0.15) is 13.2 Å². The van der Waals surface area contributed by atoms with Crippen molar-refractivity contribution in [3.63, 3.8) is 0 Å². The van der Waals surface area contributed by atoms with E-state index in [0.717, 1.165) is 35.4 Å². The number of aryl methyl sites for hydroxylation is 1. The third-order valence-corrected chi connectivity index (χ3v) is 3.98. The van der Waals surface area contributed by atoms with Crippen molar-refractivity contribution in [3.8, 4) is 10.4 Å². The van der Waals surface area contributed by atoms with Gasteiger partial charge in [-0.15, -0.1) is 11.3 Å². The number of alkyl halides is 3. The predicted octanol–water partition coefficient (Wildman–Crippen LogP) is 4.33. The highest BCUT2D eigenvalue weighted by Gasteiger charge is 2.29. The molecule has 2 N–H and O–H groups in total. The highest BCUT2D eigenvalue weighted by atomic mass is 32.1. The predicted molar refractivity (Wildman–Crippen MR) is 72.1 cm³/mol. The summed E-state index contributed by atoms with van der Waals surface area (Å²) in [4.78, 5) is 2.20. The number of hydrogen-bond acceptors (Lipinski definition) is 2. The molecule has 0 atom stereocenters. The molecule has 0 amide bonds. The molecular weight excluding hydrogens is 271 g/mol. The smallest absolute Gasteiger partial charge is 0.330 e. The van der Waals surface area contributed by atoms with Gasteiger partial charge in [0.25, 0.3) is 0 Å². The molecule has 1 aromatic carbocycles. The van der Waals surface area contributed by atoms with Crippen LogP contribution in [-0.4, -0.2) is 6.54 Å². The summed E-state index contributed by atoms with van der Waals surface area (Å²) in [5.41, 5.74) is 5.65. The minimum Gasteiger partial charge on any atom is -0.330 e. The summed E-state index contributed by atoms with van der Waals surface area (Å²) < 4.78 is 37.4. The second kappa shape index (κ2) is 5.75. The topological polar surface area (TPSA) is 26.0 Å². The molecule has 102 valence electrons. The van der Waals surface area contributed by atoms with Crippen molar-refractivity contribution in [1.29, 1.82) is 0 Å². The van der Waals surface area contributed by atoms with Gasteiger partial charge in [0.2, 0.25) is 0 Å². The molecule has 1 heterocycles. The first-order valence-electron chi connectivity index (χ1n) is 5.97. The van der Waals surface area contributed by atoms with E-state index in [4.69, 9.17) is 5.73 Å². The Balaban J connectivity index is 2.16. The van der Waals surface area contributed by atoms with Gasteiger partial charge in [0, 0.05) is 9.75 Å². The zero-order valence-electron chi connectivity index (χ0n) is 10.2. The Bertz CT molecular complexity index is 528. The maximum Gasteiger partial charge on any atom is 0.416 e. The van der Waals surface area contributed by atoms with E-state index in [1.54, 1.807) is 11.3 Å². The Morgan fingerprint density at radius 2 is 1.68 bits per heavy atom.